The molecule has 1 unspecified atom stereocenters. The number of anilines is 1. The van der Waals surface area contributed by atoms with Gasteiger partial charge < -0.3 is 4.74 Å². The maximum atomic E-state index is 12.2. The Labute approximate surface area is 150 Å². The fourth-order valence-electron chi connectivity index (χ4n) is 1.85. The number of aromatic nitrogens is 2. The number of hydrogen-bond acceptors (Lipinski definition) is 7. The number of hydrogen-bond donors (Lipinski definition) is 2. The minimum absolute atomic E-state index is 0.0201. The summed E-state index contributed by atoms with van der Waals surface area (Å²) >= 11 is 0. The first-order valence-electron chi connectivity index (χ1n) is 7.65. The van der Waals surface area contributed by atoms with Gasteiger partial charge in [-0.05, 0) is 32.0 Å². The average Bonchev–Trinajstić information content (AvgIpc) is 2.62. The van der Waals surface area contributed by atoms with Gasteiger partial charge in [-0.3, -0.25) is 14.9 Å². The van der Waals surface area contributed by atoms with E-state index in [0.29, 0.717) is 0 Å². The summed E-state index contributed by atoms with van der Waals surface area (Å²) < 4.78 is 31.6. The number of sulfonamides is 1. The molecular weight excluding hydrogens is 360 g/mol. The topological polar surface area (TPSA) is 127 Å². The second-order valence-corrected chi connectivity index (χ2v) is 7.01. The van der Waals surface area contributed by atoms with E-state index < -0.39 is 34.0 Å². The van der Waals surface area contributed by atoms with E-state index in [9.17, 15) is 18.0 Å². The molecule has 0 spiro atoms. The highest BCUT2D eigenvalue weighted by Crippen LogP contribution is 2.09. The van der Waals surface area contributed by atoms with Gasteiger partial charge in [0.25, 0.3) is 5.91 Å². The molecule has 2 rings (SSSR count). The van der Waals surface area contributed by atoms with E-state index in [-0.39, 0.29) is 10.8 Å². The Morgan fingerprint density at radius 2 is 1.65 bits per heavy atom. The van der Waals surface area contributed by atoms with Crippen LogP contribution >= 0.6 is 0 Å². The molecule has 2 atom stereocenters. The van der Waals surface area contributed by atoms with E-state index in [4.69, 9.17) is 4.74 Å². The predicted octanol–water partition coefficient (Wildman–Crippen LogP) is 0.714. The van der Waals surface area contributed by atoms with Crippen LogP contribution in [-0.4, -0.2) is 42.4 Å². The second kappa shape index (κ2) is 8.50. The maximum absolute atomic E-state index is 12.2. The largest absolute Gasteiger partial charge is 0.451 e. The molecule has 1 aromatic heterocycles. The molecule has 0 saturated carbocycles. The molecule has 2 N–H and O–H groups in total. The van der Waals surface area contributed by atoms with Crippen LogP contribution in [0.25, 0.3) is 0 Å². The number of nitrogens with one attached hydrogen (secondary N) is 2. The first-order chi connectivity index (χ1) is 12.3. The lowest BCUT2D eigenvalue weighted by Crippen LogP contribution is -2.42. The van der Waals surface area contributed by atoms with Gasteiger partial charge in [-0.15, -0.1) is 0 Å². The van der Waals surface area contributed by atoms with Gasteiger partial charge in [0, 0.05) is 12.4 Å². The van der Waals surface area contributed by atoms with E-state index in [2.05, 4.69) is 20.0 Å². The van der Waals surface area contributed by atoms with Crippen LogP contribution in [0.1, 0.15) is 13.8 Å². The number of esters is 1. The zero-order valence-corrected chi connectivity index (χ0v) is 14.9. The molecule has 9 nitrogen and oxygen atoms in total. The third kappa shape index (κ3) is 5.33. The van der Waals surface area contributed by atoms with Crippen molar-refractivity contribution < 1.29 is 22.7 Å². The molecule has 0 bridgehead atoms. The van der Waals surface area contributed by atoms with Crippen LogP contribution < -0.4 is 10.0 Å². The normalized spacial score (nSPS) is 13.5. The fraction of sp³-hybridized carbons (Fsp3) is 0.250. The van der Waals surface area contributed by atoms with E-state index in [1.165, 1.54) is 38.4 Å². The summed E-state index contributed by atoms with van der Waals surface area (Å²) in [7, 11) is -3.88. The van der Waals surface area contributed by atoms with Gasteiger partial charge in [0.15, 0.2) is 6.10 Å². The Hall–Kier alpha value is -2.85. The van der Waals surface area contributed by atoms with Gasteiger partial charge in [0.2, 0.25) is 16.0 Å². The van der Waals surface area contributed by atoms with Crippen molar-refractivity contribution in [1.82, 2.24) is 14.7 Å². The molecule has 0 saturated heterocycles. The summed E-state index contributed by atoms with van der Waals surface area (Å²) in [4.78, 5) is 31.7. The van der Waals surface area contributed by atoms with Crippen LogP contribution in [-0.2, 0) is 24.3 Å². The SMILES string of the molecule is CC(OC(=O)[C@H](C)NS(=O)(=O)c1ccccc1)C(=O)Nc1ncccn1. The van der Waals surface area contributed by atoms with Crippen molar-refractivity contribution in [2.75, 3.05) is 5.32 Å². The van der Waals surface area contributed by atoms with E-state index in [0.717, 1.165) is 0 Å². The van der Waals surface area contributed by atoms with Crippen LogP contribution in [0.4, 0.5) is 5.95 Å². The van der Waals surface area contributed by atoms with Gasteiger partial charge in [0.1, 0.15) is 6.04 Å². The molecule has 0 aliphatic rings. The van der Waals surface area contributed by atoms with Crippen molar-refractivity contribution >= 4 is 27.8 Å². The van der Waals surface area contributed by atoms with Gasteiger partial charge in [-0.25, -0.2) is 18.4 Å². The summed E-state index contributed by atoms with van der Waals surface area (Å²) in [5.74, 6) is -1.46. The number of ether oxygens (including phenoxy) is 1. The van der Waals surface area contributed by atoms with Crippen molar-refractivity contribution in [2.45, 2.75) is 30.9 Å². The smallest absolute Gasteiger partial charge is 0.324 e. The summed E-state index contributed by atoms with van der Waals surface area (Å²) in [5.41, 5.74) is 0. The van der Waals surface area contributed by atoms with E-state index in [1.54, 1.807) is 24.3 Å². The minimum atomic E-state index is -3.88. The third-order valence-electron chi connectivity index (χ3n) is 3.20. The number of rotatable bonds is 7. The molecular formula is C16H18N4O5S. The molecule has 0 fully saturated rings. The average molecular weight is 378 g/mol. The van der Waals surface area contributed by atoms with Crippen molar-refractivity contribution in [3.63, 3.8) is 0 Å². The minimum Gasteiger partial charge on any atom is -0.451 e. The maximum Gasteiger partial charge on any atom is 0.324 e. The lowest BCUT2D eigenvalue weighted by Gasteiger charge is -2.17. The summed E-state index contributed by atoms with van der Waals surface area (Å²) in [6.07, 6.45) is 1.73. The highest BCUT2D eigenvalue weighted by Gasteiger charge is 2.26. The van der Waals surface area contributed by atoms with Crippen molar-refractivity contribution in [3.05, 3.63) is 48.8 Å². The fourth-order valence-corrected chi connectivity index (χ4v) is 3.07. The molecule has 0 aliphatic heterocycles. The Morgan fingerprint density at radius 3 is 2.27 bits per heavy atom. The van der Waals surface area contributed by atoms with Crippen LogP contribution in [0.3, 0.4) is 0 Å². The molecule has 1 heterocycles. The van der Waals surface area contributed by atoms with Gasteiger partial charge in [0.05, 0.1) is 4.90 Å². The first kappa shape index (κ1) is 19.5. The lowest BCUT2D eigenvalue weighted by molar-refractivity contribution is -0.154. The molecule has 1 aromatic carbocycles. The van der Waals surface area contributed by atoms with Crippen LogP contribution in [0, 0.1) is 0 Å². The quantitative estimate of drug-likeness (QED) is 0.679. The zero-order valence-electron chi connectivity index (χ0n) is 14.1. The van der Waals surface area contributed by atoms with Crippen molar-refractivity contribution in [1.29, 1.82) is 0 Å². The molecule has 0 aliphatic carbocycles. The standard InChI is InChI=1S/C16H18N4O5S/c1-11(20-26(23,24)13-7-4-3-5-8-13)15(22)25-12(2)14(21)19-16-17-9-6-10-18-16/h3-12,20H,1-2H3,(H,17,18,19,21)/t11-,12?/m0/s1. The first-order valence-corrected chi connectivity index (χ1v) is 9.13. The molecule has 2 aromatic rings. The van der Waals surface area contributed by atoms with Crippen LogP contribution in [0.5, 0.6) is 0 Å². The molecule has 26 heavy (non-hydrogen) atoms. The van der Waals surface area contributed by atoms with Crippen LogP contribution in [0.15, 0.2) is 53.7 Å². The number of benzene rings is 1. The Morgan fingerprint density at radius 1 is 1.04 bits per heavy atom. The molecule has 0 radical (unpaired) electrons. The second-order valence-electron chi connectivity index (χ2n) is 5.30. The number of carbonyl (C=O) groups is 2. The Bertz CT molecular complexity index is 859. The third-order valence-corrected chi connectivity index (χ3v) is 4.76. The lowest BCUT2D eigenvalue weighted by atomic mass is 10.3. The van der Waals surface area contributed by atoms with Gasteiger partial charge in [-0.1, -0.05) is 18.2 Å². The summed E-state index contributed by atoms with van der Waals surface area (Å²) in [6, 6.07) is 8.01. The van der Waals surface area contributed by atoms with Crippen molar-refractivity contribution in [2.24, 2.45) is 0 Å². The number of amides is 1. The van der Waals surface area contributed by atoms with E-state index >= 15 is 0 Å². The monoisotopic (exact) mass is 378 g/mol. The summed E-state index contributed by atoms with van der Waals surface area (Å²) in [5, 5.41) is 2.38. The predicted molar refractivity (Wildman–Crippen MR) is 92.4 cm³/mol. The Balaban J connectivity index is 1.93. The molecule has 10 heteroatoms. The van der Waals surface area contributed by atoms with Gasteiger partial charge >= 0.3 is 5.97 Å². The molecule has 1 amide bonds. The van der Waals surface area contributed by atoms with Crippen LogP contribution in [0.2, 0.25) is 0 Å². The highest BCUT2D eigenvalue weighted by atomic mass is 32.2. The zero-order chi connectivity index (χ0) is 19.2. The number of carbonyl (C=O) groups excluding carboxylic acids is 2. The van der Waals surface area contributed by atoms with E-state index in [1.807, 2.05) is 0 Å². The highest BCUT2D eigenvalue weighted by molar-refractivity contribution is 7.89. The van der Waals surface area contributed by atoms with Crippen molar-refractivity contribution in [3.8, 4) is 0 Å². The molecule has 138 valence electrons. The number of nitrogens with zero attached hydrogens (tertiary/aromatic N) is 2. The summed E-state index contributed by atoms with van der Waals surface area (Å²) in [6.45, 7) is 2.68. The Kier molecular flexibility index (Phi) is 6.36. The van der Waals surface area contributed by atoms with Gasteiger partial charge in [-0.2, -0.15) is 4.72 Å².